The van der Waals surface area contributed by atoms with Crippen LogP contribution in [0.3, 0.4) is 0 Å². The van der Waals surface area contributed by atoms with Crippen LogP contribution in [-0.2, 0) is 11.4 Å². The molecule has 24 heavy (non-hydrogen) atoms. The molecule has 1 unspecified atom stereocenters. The number of benzene rings is 1. The summed E-state index contributed by atoms with van der Waals surface area (Å²) in [6.07, 6.45) is 0. The Morgan fingerprint density at radius 3 is 2.46 bits per heavy atom. The summed E-state index contributed by atoms with van der Waals surface area (Å²) in [6.45, 7) is 3.61. The second-order valence-electron chi connectivity index (χ2n) is 5.54. The van der Waals surface area contributed by atoms with Crippen molar-refractivity contribution in [3.63, 3.8) is 0 Å². The summed E-state index contributed by atoms with van der Waals surface area (Å²) in [5.74, 6) is -0.682. The molecule has 2 N–H and O–H groups in total. The van der Waals surface area contributed by atoms with Gasteiger partial charge in [-0.15, -0.1) is 0 Å². The van der Waals surface area contributed by atoms with Crippen LogP contribution in [0.2, 0.25) is 0 Å². The van der Waals surface area contributed by atoms with E-state index in [4.69, 9.17) is 14.3 Å². The summed E-state index contributed by atoms with van der Waals surface area (Å²) in [7, 11) is 0. The molecule has 0 aliphatic heterocycles. The van der Waals surface area contributed by atoms with Gasteiger partial charge in [-0.3, -0.25) is 4.79 Å². The number of ether oxygens (including phenoxy) is 1. The lowest BCUT2D eigenvalue weighted by Gasteiger charge is -2.16. The lowest BCUT2D eigenvalue weighted by Crippen LogP contribution is -2.44. The third-order valence-electron chi connectivity index (χ3n) is 3.30. The predicted molar refractivity (Wildman–Crippen MR) is 90.9 cm³/mol. The number of carbonyl (C=O) groups is 2. The van der Waals surface area contributed by atoms with Crippen LogP contribution >= 0.6 is 15.9 Å². The first kappa shape index (κ1) is 18.1. The Balaban J connectivity index is 1.95. The van der Waals surface area contributed by atoms with Crippen LogP contribution in [0.15, 0.2) is 45.3 Å². The third kappa shape index (κ3) is 4.86. The van der Waals surface area contributed by atoms with E-state index in [1.54, 1.807) is 32.0 Å². The van der Waals surface area contributed by atoms with Crippen LogP contribution in [0, 0.1) is 5.92 Å². The zero-order valence-electron chi connectivity index (χ0n) is 13.3. The van der Waals surface area contributed by atoms with Gasteiger partial charge in [-0.25, -0.2) is 4.79 Å². The van der Waals surface area contributed by atoms with E-state index in [1.807, 2.05) is 12.1 Å². The van der Waals surface area contributed by atoms with Crippen molar-refractivity contribution in [1.29, 1.82) is 0 Å². The molecule has 128 valence electrons. The van der Waals surface area contributed by atoms with Crippen molar-refractivity contribution in [2.45, 2.75) is 26.5 Å². The van der Waals surface area contributed by atoms with Crippen molar-refractivity contribution in [2.75, 3.05) is 0 Å². The van der Waals surface area contributed by atoms with Crippen LogP contribution in [0.4, 0.5) is 0 Å². The summed E-state index contributed by atoms with van der Waals surface area (Å²) in [4.78, 5) is 23.2. The maximum Gasteiger partial charge on any atom is 0.326 e. The molecule has 0 radical (unpaired) electrons. The Kier molecular flexibility index (Phi) is 6.03. The monoisotopic (exact) mass is 395 g/mol. The van der Waals surface area contributed by atoms with E-state index in [1.165, 1.54) is 6.07 Å². The van der Waals surface area contributed by atoms with Gasteiger partial charge in [-0.1, -0.05) is 29.8 Å². The first-order valence-corrected chi connectivity index (χ1v) is 8.17. The Morgan fingerprint density at radius 1 is 1.21 bits per heavy atom. The zero-order valence-corrected chi connectivity index (χ0v) is 14.9. The number of halogens is 1. The minimum atomic E-state index is -1.08. The molecule has 1 atom stereocenters. The number of carboxylic acid groups (broad SMARTS) is 1. The van der Waals surface area contributed by atoms with E-state index >= 15 is 0 Å². The highest BCUT2D eigenvalue weighted by atomic mass is 79.9. The average molecular weight is 396 g/mol. The maximum atomic E-state index is 12.1. The minimum Gasteiger partial charge on any atom is -0.486 e. The van der Waals surface area contributed by atoms with Gasteiger partial charge in [0, 0.05) is 4.47 Å². The lowest BCUT2D eigenvalue weighted by molar-refractivity contribution is -0.140. The molecular weight excluding hydrogens is 378 g/mol. The van der Waals surface area contributed by atoms with E-state index in [0.717, 1.165) is 4.47 Å². The van der Waals surface area contributed by atoms with Crippen LogP contribution in [-0.4, -0.2) is 23.0 Å². The molecule has 0 fully saturated rings. The smallest absolute Gasteiger partial charge is 0.326 e. The molecule has 0 saturated carbocycles. The van der Waals surface area contributed by atoms with E-state index in [-0.39, 0.29) is 18.3 Å². The van der Waals surface area contributed by atoms with Gasteiger partial charge in [-0.2, -0.15) is 0 Å². The fraction of sp³-hybridized carbons (Fsp3) is 0.294. The molecule has 2 rings (SSSR count). The predicted octanol–water partition coefficient (Wildman–Crippen LogP) is 3.46. The van der Waals surface area contributed by atoms with Crippen molar-refractivity contribution < 1.29 is 23.8 Å². The molecule has 0 aliphatic carbocycles. The second-order valence-corrected chi connectivity index (χ2v) is 6.46. The number of hydrogen-bond donors (Lipinski definition) is 2. The Morgan fingerprint density at radius 2 is 1.88 bits per heavy atom. The highest BCUT2D eigenvalue weighted by Crippen LogP contribution is 2.18. The van der Waals surface area contributed by atoms with Crippen molar-refractivity contribution in [1.82, 2.24) is 5.32 Å². The highest BCUT2D eigenvalue weighted by molar-refractivity contribution is 9.10. The molecule has 6 nitrogen and oxygen atoms in total. The maximum absolute atomic E-state index is 12.1. The topological polar surface area (TPSA) is 88.8 Å². The number of furan rings is 1. The summed E-state index contributed by atoms with van der Waals surface area (Å²) >= 11 is 3.34. The summed E-state index contributed by atoms with van der Waals surface area (Å²) in [5.41, 5.74) is 0. The molecule has 1 amide bonds. The summed E-state index contributed by atoms with van der Waals surface area (Å²) in [6, 6.07) is 9.47. The molecule has 0 saturated heterocycles. The number of amides is 1. The minimum absolute atomic E-state index is 0.0521. The van der Waals surface area contributed by atoms with Crippen molar-refractivity contribution in [3.8, 4) is 5.75 Å². The Bertz CT molecular complexity index is 708. The lowest BCUT2D eigenvalue weighted by atomic mass is 10.0. The van der Waals surface area contributed by atoms with Crippen LogP contribution < -0.4 is 10.1 Å². The van der Waals surface area contributed by atoms with E-state index < -0.39 is 17.9 Å². The largest absolute Gasteiger partial charge is 0.486 e. The van der Waals surface area contributed by atoms with Crippen LogP contribution in [0.25, 0.3) is 0 Å². The van der Waals surface area contributed by atoms with Crippen molar-refractivity contribution in [2.24, 2.45) is 5.92 Å². The second kappa shape index (κ2) is 8.01. The number of nitrogens with one attached hydrogen (secondary N) is 1. The molecule has 1 aromatic heterocycles. The quantitative estimate of drug-likeness (QED) is 0.749. The molecule has 1 heterocycles. The molecule has 1 aromatic carbocycles. The van der Waals surface area contributed by atoms with Gasteiger partial charge >= 0.3 is 5.97 Å². The number of aliphatic carboxylic acids is 1. The molecular formula is C17H18BrNO5. The zero-order chi connectivity index (χ0) is 17.7. The first-order valence-electron chi connectivity index (χ1n) is 7.37. The Hall–Kier alpha value is -2.28. The fourth-order valence-corrected chi connectivity index (χ4v) is 2.25. The van der Waals surface area contributed by atoms with E-state index in [9.17, 15) is 9.59 Å². The number of hydrogen-bond acceptors (Lipinski definition) is 4. The highest BCUT2D eigenvalue weighted by Gasteiger charge is 2.25. The van der Waals surface area contributed by atoms with Gasteiger partial charge in [0.15, 0.2) is 5.76 Å². The molecule has 0 spiro atoms. The summed E-state index contributed by atoms with van der Waals surface area (Å²) in [5, 5.41) is 11.6. The van der Waals surface area contributed by atoms with Gasteiger partial charge in [0.25, 0.3) is 5.91 Å². The van der Waals surface area contributed by atoms with Gasteiger partial charge in [0.2, 0.25) is 0 Å². The summed E-state index contributed by atoms with van der Waals surface area (Å²) < 4.78 is 11.9. The van der Waals surface area contributed by atoms with E-state index in [0.29, 0.717) is 11.5 Å². The molecule has 0 bridgehead atoms. The van der Waals surface area contributed by atoms with Crippen molar-refractivity contribution in [3.05, 3.63) is 52.4 Å². The normalized spacial score (nSPS) is 12.0. The van der Waals surface area contributed by atoms with Crippen LogP contribution in [0.1, 0.15) is 30.2 Å². The van der Waals surface area contributed by atoms with Gasteiger partial charge in [0.1, 0.15) is 24.2 Å². The van der Waals surface area contributed by atoms with Gasteiger partial charge in [-0.05, 0) is 42.3 Å². The average Bonchev–Trinajstić information content (AvgIpc) is 3.00. The SMILES string of the molecule is CC(C)C(NC(=O)c1ccc(COc2ccc(Br)cc2)o1)C(=O)O. The van der Waals surface area contributed by atoms with Gasteiger partial charge < -0.3 is 19.6 Å². The number of carboxylic acids is 1. The standard InChI is InChI=1S/C17H18BrNO5/c1-10(2)15(17(21)22)19-16(20)14-8-7-13(24-14)9-23-12-5-3-11(18)4-6-12/h3-8,10,15H,9H2,1-2H3,(H,19,20)(H,21,22). The van der Waals surface area contributed by atoms with Gasteiger partial charge in [0.05, 0.1) is 0 Å². The molecule has 0 aliphatic rings. The fourth-order valence-electron chi connectivity index (χ4n) is 1.99. The third-order valence-corrected chi connectivity index (χ3v) is 3.83. The van der Waals surface area contributed by atoms with Crippen molar-refractivity contribution >= 4 is 27.8 Å². The number of rotatable bonds is 7. The number of carbonyl (C=O) groups excluding carboxylic acids is 1. The molecule has 2 aromatic rings. The Labute approximate surface area is 147 Å². The van der Waals surface area contributed by atoms with E-state index in [2.05, 4.69) is 21.2 Å². The first-order chi connectivity index (χ1) is 11.4. The van der Waals surface area contributed by atoms with Crippen LogP contribution in [0.5, 0.6) is 5.75 Å². The molecule has 7 heteroatoms.